The van der Waals surface area contributed by atoms with Crippen LogP contribution in [0.5, 0.6) is 0 Å². The molecule has 260 valence electrons. The van der Waals surface area contributed by atoms with Crippen molar-refractivity contribution in [1.82, 2.24) is 0 Å². The highest BCUT2D eigenvalue weighted by Crippen LogP contribution is 2.70. The second-order valence-corrected chi connectivity index (χ2v) is 18.6. The number of carbonyl (C=O) groups is 1. The summed E-state index contributed by atoms with van der Waals surface area (Å²) in [5.74, 6) is 1.03. The lowest BCUT2D eigenvalue weighted by Crippen LogP contribution is -2.58. The Morgan fingerprint density at radius 1 is 0.911 bits per heavy atom. The minimum Gasteiger partial charge on any atom is -0.462 e. The molecular weight excluding hydrogens is 624 g/mol. The van der Waals surface area contributed by atoms with Crippen LogP contribution in [0.4, 0.5) is 0 Å². The van der Waals surface area contributed by atoms with Crippen molar-refractivity contribution in [2.45, 2.75) is 137 Å². The van der Waals surface area contributed by atoms with Gasteiger partial charge in [-0.1, -0.05) is 34.6 Å². The maximum atomic E-state index is 12.4. The zero-order valence-corrected chi connectivity index (χ0v) is 29.4. The predicted molar refractivity (Wildman–Crippen MR) is 165 cm³/mol. The van der Waals surface area contributed by atoms with E-state index in [2.05, 4.69) is 34.6 Å². The zero-order valence-electron chi connectivity index (χ0n) is 27.8. The maximum absolute atomic E-state index is 12.4. The monoisotopic (exact) mass is 678 g/mol. The number of ether oxygens (including phenoxy) is 1. The highest BCUT2D eigenvalue weighted by Gasteiger charge is 2.67. The second kappa shape index (κ2) is 11.7. The van der Waals surface area contributed by atoms with Gasteiger partial charge in [0.2, 0.25) is 0 Å². The summed E-state index contributed by atoms with van der Waals surface area (Å²) in [6, 6.07) is 0. The normalized spacial score (nSPS) is 46.1. The van der Waals surface area contributed by atoms with E-state index in [0.717, 1.165) is 32.1 Å². The first-order valence-corrected chi connectivity index (χ1v) is 19.5. The lowest BCUT2D eigenvalue weighted by Gasteiger charge is -2.62. The van der Waals surface area contributed by atoms with Crippen molar-refractivity contribution in [2.75, 3.05) is 0 Å². The summed E-state index contributed by atoms with van der Waals surface area (Å²) in [6.07, 6.45) is 3.88. The number of hydrogen-bond donors (Lipinski definition) is 3. The van der Waals surface area contributed by atoms with Crippen LogP contribution in [-0.4, -0.2) is 60.9 Å². The molecule has 5 aliphatic rings. The quantitative estimate of drug-likeness (QED) is 0.200. The largest absolute Gasteiger partial charge is 0.462 e. The van der Waals surface area contributed by atoms with Crippen LogP contribution in [0, 0.1) is 57.7 Å². The molecule has 0 aromatic rings. The van der Waals surface area contributed by atoms with E-state index in [1.54, 1.807) is 0 Å². The topological polar surface area (TPSA) is 174 Å². The molecule has 13 atom stereocenters. The van der Waals surface area contributed by atoms with E-state index in [4.69, 9.17) is 13.1 Å². The Labute approximate surface area is 269 Å². The Bertz CT molecular complexity index is 1360. The van der Waals surface area contributed by atoms with Crippen molar-refractivity contribution in [3.8, 4) is 0 Å². The smallest absolute Gasteiger partial charge is 0.397 e. The van der Waals surface area contributed by atoms with E-state index in [1.165, 1.54) is 13.3 Å². The van der Waals surface area contributed by atoms with Crippen LogP contribution in [0.15, 0.2) is 0 Å². The summed E-state index contributed by atoms with van der Waals surface area (Å²) in [6.45, 7) is 14.5. The molecule has 3 N–H and O–H groups in total. The Kier molecular flexibility index (Phi) is 9.19. The first-order chi connectivity index (χ1) is 20.5. The van der Waals surface area contributed by atoms with Crippen LogP contribution in [-0.2, 0) is 38.7 Å². The second-order valence-electron chi connectivity index (χ2n) is 16.5. The van der Waals surface area contributed by atoms with Gasteiger partial charge in [0.15, 0.2) is 0 Å². The Balaban J connectivity index is 1.43. The first-order valence-electron chi connectivity index (χ1n) is 16.7. The number of rotatable bonds is 10. The molecule has 0 aromatic carbocycles. The Morgan fingerprint density at radius 2 is 1.51 bits per heavy atom. The van der Waals surface area contributed by atoms with E-state index >= 15 is 0 Å². The van der Waals surface area contributed by atoms with Crippen molar-refractivity contribution in [3.05, 3.63) is 0 Å². The van der Waals surface area contributed by atoms with Gasteiger partial charge in [-0.3, -0.25) is 13.9 Å². The summed E-state index contributed by atoms with van der Waals surface area (Å²) in [5, 5.41) is 12.3. The molecule has 0 saturated heterocycles. The Morgan fingerprint density at radius 3 is 2.04 bits per heavy atom. The molecule has 5 fully saturated rings. The van der Waals surface area contributed by atoms with Crippen LogP contribution in [0.25, 0.3) is 0 Å². The van der Waals surface area contributed by atoms with E-state index in [1.807, 2.05) is 6.92 Å². The summed E-state index contributed by atoms with van der Waals surface area (Å²) in [5.41, 5.74) is -1.55. The summed E-state index contributed by atoms with van der Waals surface area (Å²) < 4.78 is 81.6. The first kappa shape index (κ1) is 35.5. The van der Waals surface area contributed by atoms with Crippen LogP contribution in [0.3, 0.4) is 0 Å². The van der Waals surface area contributed by atoms with Gasteiger partial charge in [0.05, 0.1) is 5.60 Å². The molecular formula is C32H54O11S2. The summed E-state index contributed by atoms with van der Waals surface area (Å²) in [4.78, 5) is 12.4. The van der Waals surface area contributed by atoms with Gasteiger partial charge in [0.25, 0.3) is 0 Å². The van der Waals surface area contributed by atoms with Gasteiger partial charge < -0.3 is 9.84 Å². The lowest BCUT2D eigenvalue weighted by atomic mass is 9.44. The number of hydrogen-bond acceptors (Lipinski definition) is 9. The van der Waals surface area contributed by atoms with Crippen molar-refractivity contribution in [2.24, 2.45) is 57.7 Å². The molecule has 0 radical (unpaired) electrons. The molecule has 0 aromatic heterocycles. The average molecular weight is 679 g/mol. The molecule has 11 nitrogen and oxygen atoms in total. The van der Waals surface area contributed by atoms with Gasteiger partial charge in [-0.25, -0.2) is 8.37 Å². The number of fused-ring (bicyclic) bond motifs is 5. The molecule has 45 heavy (non-hydrogen) atoms. The zero-order chi connectivity index (χ0) is 33.5. The fraction of sp³-hybridized carbons (Fsp3) is 0.969. The van der Waals surface area contributed by atoms with Gasteiger partial charge in [-0.2, -0.15) is 16.8 Å². The Hall–Kier alpha value is -0.830. The van der Waals surface area contributed by atoms with Crippen molar-refractivity contribution >= 4 is 26.8 Å². The summed E-state index contributed by atoms with van der Waals surface area (Å²) >= 11 is 0. The highest BCUT2D eigenvalue weighted by molar-refractivity contribution is 7.81. The molecule has 5 rings (SSSR count). The fourth-order valence-electron chi connectivity index (χ4n) is 11.8. The van der Waals surface area contributed by atoms with Crippen molar-refractivity contribution in [1.29, 1.82) is 0 Å². The van der Waals surface area contributed by atoms with E-state index in [0.29, 0.717) is 24.7 Å². The van der Waals surface area contributed by atoms with E-state index in [9.17, 15) is 35.8 Å². The van der Waals surface area contributed by atoms with Crippen LogP contribution in [0.2, 0.25) is 0 Å². The van der Waals surface area contributed by atoms with Crippen molar-refractivity contribution < 1.29 is 48.9 Å². The minimum absolute atomic E-state index is 0.0200. The number of aliphatic hydroxyl groups is 1. The molecule has 0 heterocycles. The van der Waals surface area contributed by atoms with Crippen LogP contribution < -0.4 is 0 Å². The van der Waals surface area contributed by atoms with Crippen LogP contribution >= 0.6 is 0 Å². The molecule has 3 unspecified atom stereocenters. The molecule has 0 spiro atoms. The van der Waals surface area contributed by atoms with Gasteiger partial charge >= 0.3 is 26.8 Å². The van der Waals surface area contributed by atoms with Gasteiger partial charge in [-0.05, 0) is 123 Å². The third-order valence-corrected chi connectivity index (χ3v) is 14.9. The van der Waals surface area contributed by atoms with E-state index < -0.39 is 50.1 Å². The van der Waals surface area contributed by atoms with Crippen molar-refractivity contribution in [3.63, 3.8) is 0 Å². The highest BCUT2D eigenvalue weighted by atomic mass is 32.3. The lowest BCUT2D eigenvalue weighted by molar-refractivity contribution is -0.171. The molecule has 5 saturated carbocycles. The number of carbonyl (C=O) groups excluding carboxylic acids is 1. The standard InChI is InChI=1S/C32H54O11S2/c1-18(2)32(16-19(32)3)13-12-31(7,34)28-26(41-20(4)33)15-24-22-9-8-21-14-25(42-44(35,36)37)27(43-45(38,39)40)17-30(21,6)23(22)10-11-29(24,28)5/h18-19,21-28,34H,8-17H2,1-7H3,(H,35,36,37)(H,38,39,40)/t19?,21-,22+,23-,24-,25-,26-,27-,28-,29-,30-,31?,32?/m0/s1. The van der Waals surface area contributed by atoms with Gasteiger partial charge in [0, 0.05) is 12.8 Å². The molecule has 13 heteroatoms. The predicted octanol–water partition coefficient (Wildman–Crippen LogP) is 5.39. The fourth-order valence-corrected chi connectivity index (χ4v) is 12.8. The molecule has 5 aliphatic carbocycles. The molecule has 0 amide bonds. The minimum atomic E-state index is -4.93. The maximum Gasteiger partial charge on any atom is 0.397 e. The third kappa shape index (κ3) is 6.62. The van der Waals surface area contributed by atoms with E-state index in [-0.39, 0.29) is 59.2 Å². The third-order valence-electron chi connectivity index (χ3n) is 13.9. The average Bonchev–Trinajstić information content (AvgIpc) is 3.43. The van der Waals surface area contributed by atoms with Gasteiger partial charge in [-0.15, -0.1) is 0 Å². The van der Waals surface area contributed by atoms with Crippen LogP contribution in [0.1, 0.15) is 113 Å². The summed E-state index contributed by atoms with van der Waals surface area (Å²) in [7, 11) is -9.82. The SMILES string of the molecule is CC(=O)O[C@H]1C[C@H]2[C@@H]3CC[C@H]4C[C@H](OS(=O)(=O)O)[C@@H](OS(=O)(=O)O)C[C@]4(C)[C@H]3CC[C@]2(C)[C@H]1C(C)(O)CCC1(C(C)C)CC1C. The molecule has 0 aliphatic heterocycles. The van der Waals surface area contributed by atoms with Gasteiger partial charge in [0.1, 0.15) is 18.3 Å². The molecule has 0 bridgehead atoms. The number of esters is 1.